The quantitative estimate of drug-likeness (QED) is 0.121. The summed E-state index contributed by atoms with van der Waals surface area (Å²) in [7, 11) is 6.91. The van der Waals surface area contributed by atoms with Crippen molar-refractivity contribution in [3.05, 3.63) is 207 Å². The zero-order valence-electron chi connectivity index (χ0n) is 52.3. The number of aromatic nitrogens is 16. The zero-order chi connectivity index (χ0) is 66.8. The summed E-state index contributed by atoms with van der Waals surface area (Å²) < 4.78 is 10.0. The SMILES string of the molecule is CNc1ncc(-c2nc(C)cs2)s1.COc1ncc(-c2nc(C)cs2)s1.Cc1csc(-c2ccc(=O)[nH]c2)n1.Cc1csc(-c2ccc(=O)n(C)c2)n1.Cc1csc(-c2ccc3nccn3c2)n1.Cc1csc(-c2cnc(=O)n(C)c2)n1.Cc1csc(-c2cnc(N)s2)n1. The van der Waals surface area contributed by atoms with Crippen molar-refractivity contribution in [2.75, 3.05) is 25.2 Å². The molecular formula is C62H60N18O4S10. The maximum atomic E-state index is 11.2. The Balaban J connectivity index is 0.000000129. The number of ether oxygens (including phenoxy) is 1. The fraction of sp³-hybridized carbons (Fsp3) is 0.177. The number of hydrogen-bond donors (Lipinski definition) is 3. The molecule has 0 bridgehead atoms. The molecule has 0 aliphatic carbocycles. The van der Waals surface area contributed by atoms with Crippen LogP contribution < -0.4 is 32.6 Å². The van der Waals surface area contributed by atoms with E-state index < -0.39 is 0 Å². The monoisotopic (exact) mass is 1440 g/mol. The summed E-state index contributed by atoms with van der Waals surface area (Å²) in [5, 5.41) is 26.3. The first kappa shape index (κ1) is 69.5. The van der Waals surface area contributed by atoms with Gasteiger partial charge in [0.2, 0.25) is 11.1 Å². The van der Waals surface area contributed by atoms with Crippen molar-refractivity contribution in [3.63, 3.8) is 0 Å². The highest BCUT2D eigenvalue weighted by Gasteiger charge is 2.11. The third kappa shape index (κ3) is 19.9. The first-order chi connectivity index (χ1) is 45.2. The number of nitrogens with zero attached hydrogens (tertiary/aromatic N) is 15. The number of aromatic amines is 1. The molecule has 0 radical (unpaired) electrons. The average Bonchev–Trinajstić information content (AvgIpc) is 1.80. The summed E-state index contributed by atoms with van der Waals surface area (Å²) >= 11 is 15.9. The van der Waals surface area contributed by atoms with E-state index in [1.165, 1.54) is 33.3 Å². The Bertz CT molecular complexity index is 4830. The molecule has 0 saturated heterocycles. The number of pyridine rings is 3. The van der Waals surface area contributed by atoms with Gasteiger partial charge in [0, 0.05) is 176 Å². The second-order valence-corrected chi connectivity index (χ2v) is 28.8. The molecule has 482 valence electrons. The lowest BCUT2D eigenvalue weighted by molar-refractivity contribution is 0.412. The van der Waals surface area contributed by atoms with Gasteiger partial charge < -0.3 is 34.3 Å². The van der Waals surface area contributed by atoms with Crippen molar-refractivity contribution in [2.24, 2.45) is 14.1 Å². The smallest absolute Gasteiger partial charge is 0.347 e. The van der Waals surface area contributed by atoms with Gasteiger partial charge in [0.15, 0.2) is 10.3 Å². The number of aryl methyl sites for hydroxylation is 9. The van der Waals surface area contributed by atoms with Crippen molar-refractivity contribution in [2.45, 2.75) is 48.5 Å². The number of nitrogens with one attached hydrogen (secondary N) is 2. The number of H-pyrrole nitrogens is 1. The van der Waals surface area contributed by atoms with Gasteiger partial charge in [-0.05, 0) is 72.7 Å². The molecule has 0 aromatic carbocycles. The number of thiazole rings is 10. The summed E-state index contributed by atoms with van der Waals surface area (Å²) in [5.41, 5.74) is 17.3. The van der Waals surface area contributed by atoms with Gasteiger partial charge in [-0.15, -0.1) is 79.4 Å². The molecule has 15 aromatic rings. The molecule has 15 rings (SSSR count). The number of methoxy groups -OCH3 is 1. The van der Waals surface area contributed by atoms with Crippen LogP contribution in [0.1, 0.15) is 39.9 Å². The minimum atomic E-state index is -0.248. The molecule has 0 amide bonds. The summed E-state index contributed by atoms with van der Waals surface area (Å²) in [6, 6.07) is 10.7. The standard InChI is InChI=1S/C11H9N3S.C10H10N2OS.C9H9N3OS.C9H8N2OS.C8H9N3S2.C8H8N2OS2.C7H7N3S2/c1-8-7-15-11(13-8)9-2-3-10-12-4-5-14(10)6-9;1-7-6-14-10(11-7)8-3-4-9(13)12(2)5-8;1-6-5-14-8(11-6)7-3-10-9(13)12(2)4-7;1-6-5-13-9(11-6)7-2-3-8(12)10-4-7;1-5-4-12-7(11-5)6-3-10-8(9-2)13-6;1-5-4-12-7(10-5)6-3-9-8(11-2)13-6;1-4-3-11-6(10-4)5-2-9-7(8)12-5/h2-7H,1H3;3-6H,1-2H3;3-5H,1-2H3;2-5H,1H3,(H,10,12);3-4H,1-2H3,(H,9,10);3-4H,1-2H3;2-3H,1H3,(H2,8,9). The third-order valence-electron chi connectivity index (χ3n) is 12.1. The Hall–Kier alpha value is -8.83. The van der Waals surface area contributed by atoms with Crippen LogP contribution in [0.25, 0.3) is 77.6 Å². The lowest BCUT2D eigenvalue weighted by atomic mass is 10.3. The molecule has 15 aromatic heterocycles. The molecule has 32 heteroatoms. The highest BCUT2D eigenvalue weighted by atomic mass is 32.1. The molecule has 0 aliphatic heterocycles. The van der Waals surface area contributed by atoms with E-state index in [2.05, 4.69) is 87.8 Å². The molecule has 4 N–H and O–H groups in total. The number of anilines is 2. The largest absolute Gasteiger partial charge is 0.473 e. The Kier molecular flexibility index (Phi) is 24.6. The van der Waals surface area contributed by atoms with Gasteiger partial charge in [-0.2, -0.15) is 0 Å². The lowest BCUT2D eigenvalue weighted by Crippen LogP contribution is -2.18. The number of fused-ring (bicyclic) bond motifs is 1. The van der Waals surface area contributed by atoms with Crippen LogP contribution in [-0.2, 0) is 14.1 Å². The van der Waals surface area contributed by atoms with E-state index in [1.54, 1.807) is 178 Å². The fourth-order valence-corrected chi connectivity index (χ4v) is 15.5. The van der Waals surface area contributed by atoms with Crippen molar-refractivity contribution < 1.29 is 4.74 Å². The van der Waals surface area contributed by atoms with Crippen LogP contribution in [-0.4, -0.2) is 92.5 Å². The first-order valence-corrected chi connectivity index (χ1v) is 36.5. The van der Waals surface area contributed by atoms with E-state index in [1.807, 2.05) is 111 Å². The molecule has 0 aliphatic rings. The van der Waals surface area contributed by atoms with Crippen LogP contribution in [0.2, 0.25) is 0 Å². The highest BCUT2D eigenvalue weighted by molar-refractivity contribution is 7.24. The van der Waals surface area contributed by atoms with Gasteiger partial charge in [0.25, 0.3) is 5.19 Å². The first-order valence-electron chi connectivity index (χ1n) is 27.9. The Morgan fingerprint density at radius 2 is 0.915 bits per heavy atom. The van der Waals surface area contributed by atoms with Crippen LogP contribution in [0.5, 0.6) is 5.19 Å². The van der Waals surface area contributed by atoms with Crippen molar-refractivity contribution in [1.29, 1.82) is 0 Å². The number of rotatable bonds is 9. The molecule has 94 heavy (non-hydrogen) atoms. The van der Waals surface area contributed by atoms with Gasteiger partial charge in [-0.25, -0.2) is 64.6 Å². The predicted octanol–water partition coefficient (Wildman–Crippen LogP) is 15.0. The van der Waals surface area contributed by atoms with Gasteiger partial charge in [-0.1, -0.05) is 34.0 Å². The fourth-order valence-electron chi connectivity index (χ4n) is 7.61. The van der Waals surface area contributed by atoms with Gasteiger partial charge in [0.05, 0.1) is 40.3 Å². The minimum absolute atomic E-state index is 0.00188. The summed E-state index contributed by atoms with van der Waals surface area (Å²) in [6.45, 7) is 13.8. The van der Waals surface area contributed by atoms with Crippen LogP contribution in [0.15, 0.2) is 150 Å². The molecule has 0 unspecified atom stereocenters. The Labute approximate surface area is 579 Å². The number of nitrogen functional groups attached to an aromatic ring is 1. The molecule has 22 nitrogen and oxygen atoms in total. The minimum Gasteiger partial charge on any atom is -0.473 e. The van der Waals surface area contributed by atoms with Crippen LogP contribution >= 0.6 is 113 Å². The van der Waals surface area contributed by atoms with E-state index >= 15 is 0 Å². The predicted molar refractivity (Wildman–Crippen MR) is 391 cm³/mol. The topological polar surface area (TPSA) is 283 Å². The van der Waals surface area contributed by atoms with E-state index in [9.17, 15) is 14.4 Å². The molecule has 0 atom stereocenters. The van der Waals surface area contributed by atoms with Crippen LogP contribution in [0, 0.1) is 48.5 Å². The number of hydrogen-bond acceptors (Lipinski definition) is 28. The Morgan fingerprint density at radius 1 is 0.468 bits per heavy atom. The van der Waals surface area contributed by atoms with Crippen molar-refractivity contribution in [3.8, 4) is 77.1 Å². The van der Waals surface area contributed by atoms with Gasteiger partial charge >= 0.3 is 5.69 Å². The van der Waals surface area contributed by atoms with E-state index in [0.29, 0.717) is 10.3 Å². The zero-order valence-corrected chi connectivity index (χ0v) is 60.4. The van der Waals surface area contributed by atoms with Gasteiger partial charge in [0.1, 0.15) is 40.7 Å². The molecule has 15 heterocycles. The Morgan fingerprint density at radius 3 is 1.35 bits per heavy atom. The van der Waals surface area contributed by atoms with Crippen LogP contribution in [0.3, 0.4) is 0 Å². The normalized spacial score (nSPS) is 10.5. The van der Waals surface area contributed by atoms with Crippen molar-refractivity contribution in [1.82, 2.24) is 78.3 Å². The van der Waals surface area contributed by atoms with Gasteiger partial charge in [-0.3, -0.25) is 9.59 Å². The van der Waals surface area contributed by atoms with E-state index in [-0.39, 0.29) is 16.8 Å². The summed E-state index contributed by atoms with van der Waals surface area (Å²) in [5.74, 6) is 0. The van der Waals surface area contributed by atoms with E-state index in [0.717, 1.165) is 123 Å². The summed E-state index contributed by atoms with van der Waals surface area (Å²) in [6.07, 6.45) is 18.0. The van der Waals surface area contributed by atoms with E-state index in [4.69, 9.17) is 10.5 Å². The second kappa shape index (κ2) is 33.3. The third-order valence-corrected chi connectivity index (χ3v) is 22.3. The molecular weight excluding hydrogens is 1380 g/mol. The molecule has 0 spiro atoms. The second-order valence-electron chi connectivity index (χ2n) is 19.8. The maximum Gasteiger partial charge on any atom is 0.347 e. The van der Waals surface area contributed by atoms with Crippen LogP contribution in [0.4, 0.5) is 10.3 Å². The number of nitrogens with two attached hydrogens (primary N) is 1. The maximum absolute atomic E-state index is 11.2. The summed E-state index contributed by atoms with van der Waals surface area (Å²) in [4.78, 5) is 89.5. The number of imidazole rings is 1. The molecule has 0 fully saturated rings. The lowest BCUT2D eigenvalue weighted by Gasteiger charge is -1.99. The average molecular weight is 1440 g/mol. The van der Waals surface area contributed by atoms with Crippen molar-refractivity contribution >= 4 is 129 Å². The highest BCUT2D eigenvalue weighted by Crippen LogP contribution is 2.34. The molecule has 0 saturated carbocycles.